The normalized spacial score (nSPS) is 10.9. The molecular formula is C20H16FN5O3S. The number of anilines is 1. The number of halogens is 1. The van der Waals surface area contributed by atoms with Crippen LogP contribution in [0.4, 0.5) is 10.1 Å². The first-order valence-electron chi connectivity index (χ1n) is 8.84. The lowest BCUT2D eigenvalue weighted by Crippen LogP contribution is -2.20. The number of fused-ring (bicyclic) bond motifs is 1. The van der Waals surface area contributed by atoms with E-state index >= 15 is 0 Å². The summed E-state index contributed by atoms with van der Waals surface area (Å²) in [5, 5.41) is 11.2. The minimum Gasteiger partial charge on any atom is -0.497 e. The quantitative estimate of drug-likeness (QED) is 0.478. The van der Waals surface area contributed by atoms with Gasteiger partial charge in [-0.15, -0.1) is 10.2 Å². The number of rotatable bonds is 6. The van der Waals surface area contributed by atoms with Gasteiger partial charge in [-0.3, -0.25) is 18.6 Å². The maximum Gasteiger partial charge on any atom is 0.300 e. The Morgan fingerprint density at radius 2 is 1.83 bits per heavy atom. The zero-order valence-electron chi connectivity index (χ0n) is 15.8. The number of aromatic nitrogens is 4. The first-order valence-corrected chi connectivity index (χ1v) is 9.83. The maximum absolute atomic E-state index is 13.1. The Labute approximate surface area is 174 Å². The van der Waals surface area contributed by atoms with Crippen molar-refractivity contribution in [3.05, 3.63) is 77.1 Å². The molecule has 0 saturated heterocycles. The highest BCUT2D eigenvalue weighted by atomic mass is 32.2. The Kier molecular flexibility index (Phi) is 5.48. The number of amides is 1. The van der Waals surface area contributed by atoms with Gasteiger partial charge in [0.15, 0.2) is 5.16 Å². The molecule has 0 spiro atoms. The third kappa shape index (κ3) is 4.03. The summed E-state index contributed by atoms with van der Waals surface area (Å²) in [6.45, 7) is 0. The molecular weight excluding hydrogens is 409 g/mol. The monoisotopic (exact) mass is 425 g/mol. The second-order valence-corrected chi connectivity index (χ2v) is 7.13. The number of benzene rings is 2. The van der Waals surface area contributed by atoms with Crippen LogP contribution in [0.5, 0.6) is 5.75 Å². The van der Waals surface area contributed by atoms with Crippen LogP contribution in [0.1, 0.15) is 0 Å². The number of methoxy groups -OCH3 is 1. The van der Waals surface area contributed by atoms with Crippen LogP contribution in [-0.4, -0.2) is 37.9 Å². The van der Waals surface area contributed by atoms with Crippen molar-refractivity contribution in [1.82, 2.24) is 19.2 Å². The Morgan fingerprint density at radius 1 is 1.10 bits per heavy atom. The molecule has 1 N–H and O–H groups in total. The molecule has 0 atom stereocenters. The molecule has 0 aliphatic carbocycles. The molecule has 152 valence electrons. The van der Waals surface area contributed by atoms with Gasteiger partial charge in [0.25, 0.3) is 0 Å². The lowest BCUT2D eigenvalue weighted by atomic mass is 10.3. The molecule has 0 saturated carbocycles. The van der Waals surface area contributed by atoms with Crippen LogP contribution < -0.4 is 15.6 Å². The summed E-state index contributed by atoms with van der Waals surface area (Å²) in [4.78, 5) is 24.9. The highest BCUT2D eigenvalue weighted by Gasteiger charge is 2.13. The van der Waals surface area contributed by atoms with Crippen LogP contribution in [-0.2, 0) is 4.79 Å². The molecule has 0 fully saturated rings. The van der Waals surface area contributed by atoms with Crippen molar-refractivity contribution >= 4 is 29.0 Å². The number of ether oxygens (including phenoxy) is 1. The molecule has 0 radical (unpaired) electrons. The van der Waals surface area contributed by atoms with Crippen molar-refractivity contribution in [1.29, 1.82) is 0 Å². The van der Waals surface area contributed by atoms with Crippen LogP contribution in [0.25, 0.3) is 11.3 Å². The summed E-state index contributed by atoms with van der Waals surface area (Å²) < 4.78 is 21.1. The number of thioether (sulfide) groups is 1. The Bertz CT molecular complexity index is 1250. The lowest BCUT2D eigenvalue weighted by Gasteiger charge is -2.07. The summed E-state index contributed by atoms with van der Waals surface area (Å²) in [6, 6.07) is 12.5. The van der Waals surface area contributed by atoms with Crippen molar-refractivity contribution < 1.29 is 13.9 Å². The van der Waals surface area contributed by atoms with Gasteiger partial charge >= 0.3 is 5.56 Å². The van der Waals surface area contributed by atoms with E-state index in [4.69, 9.17) is 4.74 Å². The molecule has 10 heteroatoms. The Morgan fingerprint density at radius 3 is 2.53 bits per heavy atom. The zero-order chi connectivity index (χ0) is 21.1. The summed E-state index contributed by atoms with van der Waals surface area (Å²) in [7, 11) is 1.57. The van der Waals surface area contributed by atoms with Crippen molar-refractivity contribution in [3.8, 4) is 11.4 Å². The van der Waals surface area contributed by atoms with Crippen molar-refractivity contribution in [2.24, 2.45) is 0 Å². The molecule has 0 unspecified atom stereocenters. The van der Waals surface area contributed by atoms with E-state index in [1.807, 2.05) is 0 Å². The number of hydrogen-bond donors (Lipinski definition) is 1. The van der Waals surface area contributed by atoms with Crippen molar-refractivity contribution in [2.75, 3.05) is 18.2 Å². The van der Waals surface area contributed by atoms with E-state index in [-0.39, 0.29) is 23.1 Å². The fraction of sp³-hybridized carbons (Fsp3) is 0.100. The molecule has 0 aliphatic heterocycles. The smallest absolute Gasteiger partial charge is 0.300 e. The molecule has 4 aromatic rings. The SMILES string of the molecule is COc1ccc(NC(=O)CSc2nnc3c(=O)n(-c4ccc(F)cc4)ccn23)cc1. The number of hydrogen-bond acceptors (Lipinski definition) is 6. The summed E-state index contributed by atoms with van der Waals surface area (Å²) >= 11 is 1.16. The van der Waals surface area contributed by atoms with E-state index in [0.29, 0.717) is 22.3 Å². The third-order valence-corrected chi connectivity index (χ3v) is 5.19. The number of carbonyl (C=O) groups excluding carboxylic acids is 1. The van der Waals surface area contributed by atoms with Gasteiger partial charge in [0.05, 0.1) is 12.9 Å². The van der Waals surface area contributed by atoms with E-state index < -0.39 is 5.56 Å². The zero-order valence-corrected chi connectivity index (χ0v) is 16.6. The predicted octanol–water partition coefficient (Wildman–Crippen LogP) is 2.76. The highest BCUT2D eigenvalue weighted by molar-refractivity contribution is 7.99. The first-order chi connectivity index (χ1) is 14.5. The summed E-state index contributed by atoms with van der Waals surface area (Å²) in [6.07, 6.45) is 3.18. The maximum atomic E-state index is 13.1. The molecule has 0 aliphatic rings. The van der Waals surface area contributed by atoms with Gasteiger partial charge in [0, 0.05) is 23.8 Å². The summed E-state index contributed by atoms with van der Waals surface area (Å²) in [5.74, 6) is 0.181. The highest BCUT2D eigenvalue weighted by Crippen LogP contribution is 2.18. The third-order valence-electron chi connectivity index (χ3n) is 4.25. The van der Waals surface area contributed by atoms with Crippen LogP contribution in [0.2, 0.25) is 0 Å². The van der Waals surface area contributed by atoms with E-state index in [2.05, 4.69) is 15.5 Å². The molecule has 1 amide bonds. The van der Waals surface area contributed by atoms with Gasteiger partial charge in [-0.25, -0.2) is 4.39 Å². The average Bonchev–Trinajstić information content (AvgIpc) is 3.18. The fourth-order valence-electron chi connectivity index (χ4n) is 2.77. The molecule has 2 aromatic heterocycles. The van der Waals surface area contributed by atoms with Crippen LogP contribution >= 0.6 is 11.8 Å². The largest absolute Gasteiger partial charge is 0.497 e. The number of nitrogens with zero attached hydrogens (tertiary/aromatic N) is 4. The standard InChI is InChI=1S/C20H16FN5O3S/c1-29-16-8-4-14(5-9-16)22-17(27)12-30-20-24-23-18-19(28)25(10-11-26(18)20)15-6-2-13(21)3-7-15/h2-11H,12H2,1H3,(H,22,27). The van der Waals surface area contributed by atoms with Crippen LogP contribution in [0.15, 0.2) is 70.9 Å². The van der Waals surface area contributed by atoms with E-state index in [1.54, 1.807) is 43.8 Å². The van der Waals surface area contributed by atoms with Gasteiger partial charge in [-0.1, -0.05) is 11.8 Å². The molecule has 2 heterocycles. The van der Waals surface area contributed by atoms with Gasteiger partial charge in [-0.05, 0) is 48.5 Å². The topological polar surface area (TPSA) is 90.5 Å². The average molecular weight is 425 g/mol. The Hall–Kier alpha value is -3.66. The minimum atomic E-state index is -0.397. The lowest BCUT2D eigenvalue weighted by molar-refractivity contribution is -0.113. The van der Waals surface area contributed by atoms with Gasteiger partial charge < -0.3 is 10.1 Å². The minimum absolute atomic E-state index is 0.0911. The van der Waals surface area contributed by atoms with Crippen molar-refractivity contribution in [3.63, 3.8) is 0 Å². The second-order valence-electron chi connectivity index (χ2n) is 6.19. The van der Waals surface area contributed by atoms with E-state index in [0.717, 1.165) is 11.8 Å². The van der Waals surface area contributed by atoms with Crippen molar-refractivity contribution in [2.45, 2.75) is 5.16 Å². The van der Waals surface area contributed by atoms with Gasteiger partial charge in [-0.2, -0.15) is 0 Å². The van der Waals surface area contributed by atoms with Crippen LogP contribution in [0.3, 0.4) is 0 Å². The van der Waals surface area contributed by atoms with E-state index in [9.17, 15) is 14.0 Å². The molecule has 8 nitrogen and oxygen atoms in total. The predicted molar refractivity (Wildman–Crippen MR) is 111 cm³/mol. The molecule has 0 bridgehead atoms. The first kappa shape index (κ1) is 19.6. The molecule has 2 aromatic carbocycles. The number of carbonyl (C=O) groups is 1. The Balaban J connectivity index is 1.48. The number of nitrogens with one attached hydrogen (secondary N) is 1. The molecule has 4 rings (SSSR count). The fourth-order valence-corrected chi connectivity index (χ4v) is 3.49. The second kappa shape index (κ2) is 8.37. The van der Waals surface area contributed by atoms with E-state index in [1.165, 1.54) is 33.2 Å². The van der Waals surface area contributed by atoms with Gasteiger partial charge in [0.2, 0.25) is 11.6 Å². The van der Waals surface area contributed by atoms with Gasteiger partial charge in [0.1, 0.15) is 11.6 Å². The molecule has 30 heavy (non-hydrogen) atoms. The van der Waals surface area contributed by atoms with Crippen LogP contribution in [0, 0.1) is 5.82 Å². The summed E-state index contributed by atoms with van der Waals surface area (Å²) in [5.41, 5.74) is 0.876.